The van der Waals surface area contributed by atoms with Crippen molar-refractivity contribution in [2.75, 3.05) is 38.4 Å². The van der Waals surface area contributed by atoms with Crippen LogP contribution in [0.25, 0.3) is 0 Å². The molecule has 0 aliphatic rings. The van der Waals surface area contributed by atoms with E-state index in [1.54, 1.807) is 0 Å². The van der Waals surface area contributed by atoms with Crippen molar-refractivity contribution in [2.45, 2.75) is 6.04 Å². The van der Waals surface area contributed by atoms with Crippen LogP contribution in [-0.4, -0.2) is 39.0 Å². The molecule has 22 heavy (non-hydrogen) atoms. The number of rotatable bonds is 5. The van der Waals surface area contributed by atoms with Gasteiger partial charge in [-0.3, -0.25) is 9.69 Å². The van der Waals surface area contributed by atoms with Gasteiger partial charge in [-0.15, -0.1) is 0 Å². The summed E-state index contributed by atoms with van der Waals surface area (Å²) >= 11 is 0. The van der Waals surface area contributed by atoms with Crippen LogP contribution in [0.5, 0.6) is 0 Å². The van der Waals surface area contributed by atoms with E-state index >= 15 is 0 Å². The first-order valence-corrected chi connectivity index (χ1v) is 7.28. The fourth-order valence-corrected chi connectivity index (χ4v) is 2.37. The van der Waals surface area contributed by atoms with E-state index in [1.807, 2.05) is 92.6 Å². The molecule has 0 bridgehead atoms. The first kappa shape index (κ1) is 16.0. The van der Waals surface area contributed by atoms with Crippen LogP contribution in [-0.2, 0) is 4.79 Å². The molecule has 0 spiro atoms. The highest BCUT2D eigenvalue weighted by Gasteiger charge is 2.22. The molecule has 0 aromatic heterocycles. The molecule has 116 valence electrons. The molecule has 0 saturated heterocycles. The van der Waals surface area contributed by atoms with Crippen molar-refractivity contribution in [1.29, 1.82) is 0 Å². The summed E-state index contributed by atoms with van der Waals surface area (Å²) in [4.78, 5) is 16.6. The van der Waals surface area contributed by atoms with Crippen molar-refractivity contribution in [3.05, 3.63) is 60.2 Å². The molecule has 2 aromatic carbocycles. The van der Waals surface area contributed by atoms with Gasteiger partial charge >= 0.3 is 0 Å². The van der Waals surface area contributed by atoms with Crippen molar-refractivity contribution in [1.82, 2.24) is 4.90 Å². The van der Waals surface area contributed by atoms with Crippen LogP contribution in [0.1, 0.15) is 11.6 Å². The van der Waals surface area contributed by atoms with E-state index in [4.69, 9.17) is 0 Å². The third kappa shape index (κ3) is 3.86. The summed E-state index contributed by atoms with van der Waals surface area (Å²) in [5, 5.41) is 2.99. The highest BCUT2D eigenvalue weighted by molar-refractivity contribution is 5.95. The minimum Gasteiger partial charge on any atom is -0.378 e. The Balaban J connectivity index is 2.15. The maximum absolute atomic E-state index is 12.6. The second-order valence-corrected chi connectivity index (χ2v) is 5.71. The molecule has 2 aromatic rings. The molecule has 0 heterocycles. The van der Waals surface area contributed by atoms with Gasteiger partial charge in [0.1, 0.15) is 6.04 Å². The lowest BCUT2D eigenvalue weighted by molar-refractivity contribution is -0.120. The van der Waals surface area contributed by atoms with E-state index in [0.29, 0.717) is 0 Å². The van der Waals surface area contributed by atoms with Gasteiger partial charge in [-0.1, -0.05) is 30.3 Å². The highest BCUT2D eigenvalue weighted by Crippen LogP contribution is 2.21. The summed E-state index contributed by atoms with van der Waals surface area (Å²) in [6.45, 7) is 0. The Bertz CT molecular complexity index is 606. The quantitative estimate of drug-likeness (QED) is 0.921. The molecule has 2 rings (SSSR count). The van der Waals surface area contributed by atoms with Crippen molar-refractivity contribution < 1.29 is 4.79 Å². The largest absolute Gasteiger partial charge is 0.378 e. The van der Waals surface area contributed by atoms with Gasteiger partial charge in [-0.05, 0) is 43.9 Å². The van der Waals surface area contributed by atoms with Crippen molar-refractivity contribution in [3.8, 4) is 0 Å². The molecule has 1 atom stereocenters. The van der Waals surface area contributed by atoms with Gasteiger partial charge in [0, 0.05) is 25.5 Å². The molecule has 1 N–H and O–H groups in total. The molecule has 4 heteroatoms. The van der Waals surface area contributed by atoms with Gasteiger partial charge < -0.3 is 10.2 Å². The number of likely N-dealkylation sites (N-methyl/N-ethyl adjacent to an activating group) is 1. The molecule has 0 saturated carbocycles. The third-order valence-electron chi connectivity index (χ3n) is 3.53. The molecular weight excluding hydrogens is 274 g/mol. The minimum atomic E-state index is -0.310. The van der Waals surface area contributed by atoms with Crippen LogP contribution in [0.4, 0.5) is 11.4 Å². The second kappa shape index (κ2) is 7.09. The van der Waals surface area contributed by atoms with Gasteiger partial charge in [-0.25, -0.2) is 0 Å². The van der Waals surface area contributed by atoms with Crippen LogP contribution in [0.2, 0.25) is 0 Å². The van der Waals surface area contributed by atoms with Gasteiger partial charge in [0.05, 0.1) is 0 Å². The number of carbonyl (C=O) groups excluding carboxylic acids is 1. The number of amides is 1. The molecule has 4 nitrogen and oxygen atoms in total. The van der Waals surface area contributed by atoms with Gasteiger partial charge in [0.2, 0.25) is 5.91 Å². The first-order chi connectivity index (χ1) is 10.5. The lowest BCUT2D eigenvalue weighted by Crippen LogP contribution is -2.32. The predicted octanol–water partition coefficient (Wildman–Crippen LogP) is 2.99. The summed E-state index contributed by atoms with van der Waals surface area (Å²) < 4.78 is 0. The molecule has 0 fully saturated rings. The van der Waals surface area contributed by atoms with Gasteiger partial charge in [-0.2, -0.15) is 0 Å². The van der Waals surface area contributed by atoms with Crippen LogP contribution in [0.15, 0.2) is 54.6 Å². The van der Waals surface area contributed by atoms with Gasteiger partial charge in [0.25, 0.3) is 0 Å². The summed E-state index contributed by atoms with van der Waals surface area (Å²) in [7, 11) is 7.80. The van der Waals surface area contributed by atoms with Crippen molar-refractivity contribution in [2.24, 2.45) is 0 Å². The zero-order valence-electron chi connectivity index (χ0n) is 13.6. The van der Waals surface area contributed by atoms with Crippen LogP contribution >= 0.6 is 0 Å². The zero-order valence-corrected chi connectivity index (χ0v) is 13.6. The molecule has 0 radical (unpaired) electrons. The Kier molecular flexibility index (Phi) is 5.17. The minimum absolute atomic E-state index is 0.0335. The highest BCUT2D eigenvalue weighted by atomic mass is 16.2. The zero-order chi connectivity index (χ0) is 16.1. The fraction of sp³-hybridized carbons (Fsp3) is 0.278. The van der Waals surface area contributed by atoms with E-state index in [2.05, 4.69) is 5.32 Å². The first-order valence-electron chi connectivity index (χ1n) is 7.28. The van der Waals surface area contributed by atoms with Crippen LogP contribution < -0.4 is 10.2 Å². The SMILES string of the molecule is CN(C)c1ccc(NC(=O)C(c2ccccc2)N(C)C)cc1. The topological polar surface area (TPSA) is 35.6 Å². The number of nitrogens with one attached hydrogen (secondary N) is 1. The summed E-state index contributed by atoms with van der Waals surface area (Å²) in [5.74, 6) is -0.0335. The lowest BCUT2D eigenvalue weighted by atomic mass is 10.1. The molecule has 1 unspecified atom stereocenters. The van der Waals surface area contributed by atoms with E-state index in [0.717, 1.165) is 16.9 Å². The van der Waals surface area contributed by atoms with E-state index in [-0.39, 0.29) is 11.9 Å². The number of nitrogens with zero attached hydrogens (tertiary/aromatic N) is 2. The fourth-order valence-electron chi connectivity index (χ4n) is 2.37. The molecule has 1 amide bonds. The van der Waals surface area contributed by atoms with Crippen molar-refractivity contribution in [3.63, 3.8) is 0 Å². The smallest absolute Gasteiger partial charge is 0.246 e. The Labute approximate surface area is 132 Å². The maximum atomic E-state index is 12.6. The standard InChI is InChI=1S/C18H23N3O/c1-20(2)16-12-10-15(11-13-16)19-18(22)17(21(3)4)14-8-6-5-7-9-14/h5-13,17H,1-4H3,(H,19,22). The Hall–Kier alpha value is -2.33. The predicted molar refractivity (Wildman–Crippen MR) is 92.3 cm³/mol. The van der Waals surface area contributed by atoms with E-state index < -0.39 is 0 Å². The molecule has 0 aliphatic heterocycles. The maximum Gasteiger partial charge on any atom is 0.246 e. The number of hydrogen-bond donors (Lipinski definition) is 1. The average molecular weight is 297 g/mol. The van der Waals surface area contributed by atoms with Crippen LogP contribution in [0.3, 0.4) is 0 Å². The Morgan fingerprint density at radius 3 is 2.00 bits per heavy atom. The van der Waals surface area contributed by atoms with Crippen LogP contribution in [0, 0.1) is 0 Å². The third-order valence-corrected chi connectivity index (χ3v) is 3.53. The Morgan fingerprint density at radius 2 is 1.50 bits per heavy atom. The Morgan fingerprint density at radius 1 is 0.909 bits per heavy atom. The monoisotopic (exact) mass is 297 g/mol. The average Bonchev–Trinajstić information content (AvgIpc) is 2.48. The van der Waals surface area contributed by atoms with E-state index in [9.17, 15) is 4.79 Å². The summed E-state index contributed by atoms with van der Waals surface area (Å²) in [6.07, 6.45) is 0. The van der Waals surface area contributed by atoms with Gasteiger partial charge in [0.15, 0.2) is 0 Å². The summed E-state index contributed by atoms with van der Waals surface area (Å²) in [6, 6.07) is 17.3. The molecular formula is C18H23N3O. The number of benzene rings is 2. The number of hydrogen-bond acceptors (Lipinski definition) is 3. The normalized spacial score (nSPS) is 12.0. The second-order valence-electron chi connectivity index (χ2n) is 5.71. The molecule has 0 aliphatic carbocycles. The van der Waals surface area contributed by atoms with E-state index in [1.165, 1.54) is 0 Å². The lowest BCUT2D eigenvalue weighted by Gasteiger charge is -2.24. The van der Waals surface area contributed by atoms with Crippen molar-refractivity contribution >= 4 is 17.3 Å². The number of anilines is 2. The summed E-state index contributed by atoms with van der Waals surface area (Å²) in [5.41, 5.74) is 2.89. The number of carbonyl (C=O) groups is 1.